The van der Waals surface area contributed by atoms with Gasteiger partial charge < -0.3 is 10.0 Å². The fraction of sp³-hybridized carbons (Fsp3) is 0.294. The zero-order valence-electron chi connectivity index (χ0n) is 12.1. The number of hydrogen-bond donors (Lipinski definition) is 1. The molecule has 0 radical (unpaired) electrons. The van der Waals surface area contributed by atoms with Crippen molar-refractivity contribution in [2.24, 2.45) is 0 Å². The minimum absolute atomic E-state index is 0.0830. The van der Waals surface area contributed by atoms with Crippen molar-refractivity contribution in [2.45, 2.75) is 26.5 Å². The second-order valence-corrected chi connectivity index (χ2v) is 5.55. The van der Waals surface area contributed by atoms with Gasteiger partial charge in [0.1, 0.15) is 0 Å². The Morgan fingerprint density at radius 3 is 2.55 bits per heavy atom. The summed E-state index contributed by atoms with van der Waals surface area (Å²) in [6.45, 7) is 4.26. The van der Waals surface area contributed by atoms with Gasteiger partial charge >= 0.3 is 0 Å². The van der Waals surface area contributed by atoms with Crippen molar-refractivity contribution in [3.63, 3.8) is 0 Å². The Morgan fingerprint density at radius 2 is 1.95 bits per heavy atom. The molecule has 0 saturated heterocycles. The van der Waals surface area contributed by atoms with E-state index in [9.17, 15) is 5.11 Å². The lowest BCUT2D eigenvalue weighted by atomic mass is 10.0. The van der Waals surface area contributed by atoms with Gasteiger partial charge in [0.15, 0.2) is 0 Å². The van der Waals surface area contributed by atoms with Crippen molar-refractivity contribution < 1.29 is 5.11 Å². The number of halogens is 1. The first-order valence-corrected chi connectivity index (χ1v) is 7.09. The summed E-state index contributed by atoms with van der Waals surface area (Å²) in [5.74, 6) is 0. The van der Waals surface area contributed by atoms with Crippen molar-refractivity contribution in [1.29, 1.82) is 0 Å². The van der Waals surface area contributed by atoms with Gasteiger partial charge in [-0.2, -0.15) is 0 Å². The number of aliphatic hydroxyl groups excluding tert-OH is 1. The molecule has 2 rings (SSSR count). The van der Waals surface area contributed by atoms with E-state index in [0.29, 0.717) is 0 Å². The van der Waals surface area contributed by atoms with Gasteiger partial charge in [0.2, 0.25) is 0 Å². The van der Waals surface area contributed by atoms with E-state index in [1.165, 1.54) is 5.56 Å². The van der Waals surface area contributed by atoms with Gasteiger partial charge in [-0.3, -0.25) is 0 Å². The van der Waals surface area contributed by atoms with Crippen LogP contribution in [0.3, 0.4) is 0 Å². The third-order valence-electron chi connectivity index (χ3n) is 3.82. The Morgan fingerprint density at radius 1 is 1.20 bits per heavy atom. The van der Waals surface area contributed by atoms with Crippen molar-refractivity contribution in [3.8, 4) is 0 Å². The van der Waals surface area contributed by atoms with Crippen LogP contribution in [0.4, 0.5) is 5.69 Å². The van der Waals surface area contributed by atoms with Crippen LogP contribution in [0.25, 0.3) is 0 Å². The summed E-state index contributed by atoms with van der Waals surface area (Å²) in [7, 11) is 2.07. The zero-order valence-corrected chi connectivity index (χ0v) is 12.9. The van der Waals surface area contributed by atoms with Gasteiger partial charge in [0, 0.05) is 17.8 Å². The summed E-state index contributed by atoms with van der Waals surface area (Å²) >= 11 is 6.06. The first-order valence-electron chi connectivity index (χ1n) is 6.71. The molecule has 2 aromatic carbocycles. The smallest absolute Gasteiger partial charge is 0.0684 e. The van der Waals surface area contributed by atoms with Crippen LogP contribution in [0.1, 0.15) is 29.7 Å². The molecule has 3 heteroatoms. The molecule has 2 nitrogen and oxygen atoms in total. The fourth-order valence-electron chi connectivity index (χ4n) is 2.29. The molecule has 0 aliphatic carbocycles. The highest BCUT2D eigenvalue weighted by molar-refractivity contribution is 6.30. The third kappa shape index (κ3) is 3.14. The van der Waals surface area contributed by atoms with E-state index in [-0.39, 0.29) is 12.6 Å². The normalized spacial score (nSPS) is 12.2. The van der Waals surface area contributed by atoms with Gasteiger partial charge in [0.05, 0.1) is 12.6 Å². The van der Waals surface area contributed by atoms with Gasteiger partial charge in [-0.05, 0) is 54.8 Å². The molecular formula is C17H20ClNO. The third-order valence-corrected chi connectivity index (χ3v) is 4.05. The molecule has 0 spiro atoms. The van der Waals surface area contributed by atoms with Crippen LogP contribution in [0.15, 0.2) is 42.5 Å². The second kappa shape index (κ2) is 6.29. The van der Waals surface area contributed by atoms with E-state index in [1.807, 2.05) is 37.3 Å². The maximum absolute atomic E-state index is 9.24. The maximum atomic E-state index is 9.24. The van der Waals surface area contributed by atoms with Crippen LogP contribution in [0.2, 0.25) is 5.02 Å². The van der Waals surface area contributed by atoms with E-state index in [4.69, 9.17) is 11.6 Å². The van der Waals surface area contributed by atoms with Crippen LogP contribution in [0.5, 0.6) is 0 Å². The lowest BCUT2D eigenvalue weighted by Crippen LogP contribution is -2.21. The van der Waals surface area contributed by atoms with E-state index in [1.54, 1.807) is 0 Å². The van der Waals surface area contributed by atoms with Crippen molar-refractivity contribution >= 4 is 17.3 Å². The second-order valence-electron chi connectivity index (χ2n) is 5.11. The minimum Gasteiger partial charge on any atom is -0.392 e. The summed E-state index contributed by atoms with van der Waals surface area (Å²) in [6, 6.07) is 14.3. The van der Waals surface area contributed by atoms with Crippen molar-refractivity contribution in [2.75, 3.05) is 11.9 Å². The zero-order chi connectivity index (χ0) is 14.7. The number of anilines is 1. The Balaban J connectivity index is 2.26. The minimum atomic E-state index is 0.0830. The summed E-state index contributed by atoms with van der Waals surface area (Å²) in [5.41, 5.74) is 4.39. The molecule has 0 aliphatic heterocycles. The number of aryl methyl sites for hydroxylation is 1. The molecule has 106 valence electrons. The van der Waals surface area contributed by atoms with Gasteiger partial charge in [-0.15, -0.1) is 0 Å². The highest BCUT2D eigenvalue weighted by Crippen LogP contribution is 2.28. The predicted octanol–water partition coefficient (Wildman–Crippen LogP) is 4.34. The van der Waals surface area contributed by atoms with Gasteiger partial charge in [0.25, 0.3) is 0 Å². The number of nitrogens with zero attached hydrogens (tertiary/aromatic N) is 1. The predicted molar refractivity (Wildman–Crippen MR) is 85.4 cm³/mol. The topological polar surface area (TPSA) is 23.5 Å². The standard InChI is InChI=1S/C17H20ClNO/c1-12-9-17(8-7-15(12)11-20)19(3)13(2)14-5-4-6-16(18)10-14/h4-10,13,20H,11H2,1-3H3. The highest BCUT2D eigenvalue weighted by atomic mass is 35.5. The molecule has 0 saturated carbocycles. The maximum Gasteiger partial charge on any atom is 0.0684 e. The Bertz CT molecular complexity index is 597. The summed E-state index contributed by atoms with van der Waals surface area (Å²) in [6.07, 6.45) is 0. The lowest BCUT2D eigenvalue weighted by Gasteiger charge is -2.28. The van der Waals surface area contributed by atoms with Crippen LogP contribution in [-0.4, -0.2) is 12.2 Å². The highest BCUT2D eigenvalue weighted by Gasteiger charge is 2.13. The molecule has 0 fully saturated rings. The quantitative estimate of drug-likeness (QED) is 0.905. The largest absolute Gasteiger partial charge is 0.392 e. The van der Waals surface area contributed by atoms with Crippen LogP contribution < -0.4 is 4.90 Å². The Labute approximate surface area is 125 Å². The average Bonchev–Trinajstić information content (AvgIpc) is 2.45. The molecule has 0 bridgehead atoms. The van der Waals surface area contributed by atoms with E-state index in [2.05, 4.69) is 31.0 Å². The molecule has 0 heterocycles. The SMILES string of the molecule is Cc1cc(N(C)C(C)c2cccc(Cl)c2)ccc1CO. The van der Waals surface area contributed by atoms with Crippen molar-refractivity contribution in [1.82, 2.24) is 0 Å². The van der Waals surface area contributed by atoms with Gasteiger partial charge in [-0.1, -0.05) is 29.8 Å². The molecule has 1 N–H and O–H groups in total. The van der Waals surface area contributed by atoms with E-state index < -0.39 is 0 Å². The first-order chi connectivity index (χ1) is 9.52. The first kappa shape index (κ1) is 14.9. The lowest BCUT2D eigenvalue weighted by molar-refractivity contribution is 0.281. The Kier molecular flexibility index (Phi) is 4.69. The number of aliphatic hydroxyl groups is 1. The monoisotopic (exact) mass is 289 g/mol. The van der Waals surface area contributed by atoms with Crippen LogP contribution in [-0.2, 0) is 6.61 Å². The Hall–Kier alpha value is -1.51. The summed E-state index contributed by atoms with van der Waals surface area (Å²) in [5, 5.41) is 10.00. The molecule has 0 aromatic heterocycles. The number of hydrogen-bond acceptors (Lipinski definition) is 2. The number of benzene rings is 2. The van der Waals surface area contributed by atoms with Gasteiger partial charge in [-0.25, -0.2) is 0 Å². The molecule has 0 amide bonds. The van der Waals surface area contributed by atoms with E-state index in [0.717, 1.165) is 21.8 Å². The summed E-state index contributed by atoms with van der Waals surface area (Å²) in [4.78, 5) is 2.21. The molecule has 0 aliphatic rings. The van der Waals surface area contributed by atoms with Crippen molar-refractivity contribution in [3.05, 3.63) is 64.2 Å². The number of rotatable bonds is 4. The van der Waals surface area contributed by atoms with Crippen LogP contribution in [0, 0.1) is 6.92 Å². The van der Waals surface area contributed by atoms with Crippen LogP contribution >= 0.6 is 11.6 Å². The molecule has 1 unspecified atom stereocenters. The summed E-state index contributed by atoms with van der Waals surface area (Å²) < 4.78 is 0. The fourth-order valence-corrected chi connectivity index (χ4v) is 2.49. The molecular weight excluding hydrogens is 270 g/mol. The molecule has 2 aromatic rings. The molecule has 1 atom stereocenters. The average molecular weight is 290 g/mol. The van der Waals surface area contributed by atoms with E-state index >= 15 is 0 Å². The molecule has 20 heavy (non-hydrogen) atoms.